The normalized spacial score (nSPS) is 14.2. The van der Waals surface area contributed by atoms with Crippen LogP contribution >= 0.6 is 11.3 Å². The van der Waals surface area contributed by atoms with Crippen molar-refractivity contribution < 1.29 is 19.0 Å². The number of hydrogen-bond donors (Lipinski definition) is 0. The molecule has 6 rings (SSSR count). The highest BCUT2D eigenvalue weighted by Crippen LogP contribution is 2.35. The van der Waals surface area contributed by atoms with Crippen LogP contribution in [0.5, 0.6) is 11.5 Å². The first-order valence-electron chi connectivity index (χ1n) is 14.6. The van der Waals surface area contributed by atoms with Gasteiger partial charge in [0.25, 0.3) is 5.56 Å². The fourth-order valence-electron chi connectivity index (χ4n) is 5.33. The summed E-state index contributed by atoms with van der Waals surface area (Å²) in [7, 11) is 1.58. The monoisotopic (exact) mass is 627 g/mol. The second kappa shape index (κ2) is 13.5. The zero-order chi connectivity index (χ0) is 32.0. The number of carbonyl (C=O) groups excluding carboxylic acids is 1. The summed E-state index contributed by atoms with van der Waals surface area (Å²) in [6, 6.07) is 32.8. The molecule has 1 aromatic heterocycles. The Labute approximate surface area is 269 Å². The van der Waals surface area contributed by atoms with Crippen molar-refractivity contribution in [3.05, 3.63) is 156 Å². The van der Waals surface area contributed by atoms with Gasteiger partial charge < -0.3 is 14.2 Å². The first-order valence-corrected chi connectivity index (χ1v) is 15.5. The van der Waals surface area contributed by atoms with Crippen LogP contribution in [0.15, 0.2) is 118 Å². The summed E-state index contributed by atoms with van der Waals surface area (Å²) in [4.78, 5) is 33.3. The second-order valence-electron chi connectivity index (χ2n) is 10.3. The molecule has 0 bridgehead atoms. The maximum atomic E-state index is 14.3. The van der Waals surface area contributed by atoms with Gasteiger partial charge in [-0.05, 0) is 42.8 Å². The van der Waals surface area contributed by atoms with Gasteiger partial charge in [0, 0.05) is 16.7 Å². The largest absolute Gasteiger partial charge is 0.497 e. The number of fused-ring (bicyclic) bond motifs is 1. The van der Waals surface area contributed by atoms with E-state index >= 15 is 0 Å². The van der Waals surface area contributed by atoms with Gasteiger partial charge in [-0.1, -0.05) is 90.2 Å². The maximum absolute atomic E-state index is 14.3. The Kier molecular flexibility index (Phi) is 8.90. The van der Waals surface area contributed by atoms with Gasteiger partial charge in [-0.2, -0.15) is 5.26 Å². The van der Waals surface area contributed by atoms with E-state index in [1.54, 1.807) is 42.9 Å². The van der Waals surface area contributed by atoms with Gasteiger partial charge >= 0.3 is 5.97 Å². The van der Waals surface area contributed by atoms with Crippen molar-refractivity contribution in [3.8, 4) is 17.6 Å². The van der Waals surface area contributed by atoms with E-state index < -0.39 is 12.0 Å². The van der Waals surface area contributed by atoms with Crippen molar-refractivity contribution in [1.29, 1.82) is 5.26 Å². The fraction of sp³-hybridized carbons (Fsp3) is 0.135. The summed E-state index contributed by atoms with van der Waals surface area (Å²) in [5.74, 6) is 0.664. The minimum Gasteiger partial charge on any atom is -0.497 e. The molecule has 0 saturated heterocycles. The van der Waals surface area contributed by atoms with Crippen molar-refractivity contribution in [2.75, 3.05) is 13.7 Å². The average molecular weight is 628 g/mol. The summed E-state index contributed by atoms with van der Waals surface area (Å²) < 4.78 is 19.0. The van der Waals surface area contributed by atoms with Crippen molar-refractivity contribution in [2.45, 2.75) is 19.6 Å². The molecule has 46 heavy (non-hydrogen) atoms. The molecule has 0 amide bonds. The lowest BCUT2D eigenvalue weighted by atomic mass is 9.93. The Morgan fingerprint density at radius 1 is 0.978 bits per heavy atom. The number of para-hydroxylation sites is 1. The number of ether oxygens (including phenoxy) is 3. The van der Waals surface area contributed by atoms with Crippen LogP contribution in [0, 0.1) is 11.3 Å². The lowest BCUT2D eigenvalue weighted by Gasteiger charge is -2.26. The molecule has 9 heteroatoms. The van der Waals surface area contributed by atoms with Gasteiger partial charge in [-0.25, -0.2) is 9.79 Å². The Morgan fingerprint density at radius 2 is 1.70 bits per heavy atom. The van der Waals surface area contributed by atoms with Crippen LogP contribution in [-0.2, 0) is 16.1 Å². The Hall–Kier alpha value is -5.72. The van der Waals surface area contributed by atoms with Gasteiger partial charge in [0.2, 0.25) is 0 Å². The predicted molar refractivity (Wildman–Crippen MR) is 176 cm³/mol. The zero-order valence-electron chi connectivity index (χ0n) is 25.2. The number of nitrogens with zero attached hydrogens (tertiary/aromatic N) is 3. The number of aromatic nitrogens is 1. The van der Waals surface area contributed by atoms with Gasteiger partial charge in [-0.15, -0.1) is 0 Å². The van der Waals surface area contributed by atoms with Crippen molar-refractivity contribution in [3.63, 3.8) is 0 Å². The van der Waals surface area contributed by atoms with Crippen LogP contribution in [-0.4, -0.2) is 24.3 Å². The molecule has 0 spiro atoms. The van der Waals surface area contributed by atoms with Crippen LogP contribution in [0.1, 0.15) is 40.8 Å². The van der Waals surface area contributed by atoms with Gasteiger partial charge in [0.05, 0.1) is 47.2 Å². The van der Waals surface area contributed by atoms with E-state index in [1.165, 1.54) is 11.3 Å². The Balaban J connectivity index is 1.52. The van der Waals surface area contributed by atoms with Crippen LogP contribution in [0.2, 0.25) is 0 Å². The van der Waals surface area contributed by atoms with E-state index in [1.807, 2.05) is 84.9 Å². The highest BCUT2D eigenvalue weighted by atomic mass is 32.1. The Bertz CT molecular complexity index is 2160. The molecule has 1 atom stereocenters. The first-order chi connectivity index (χ1) is 22.5. The number of methoxy groups -OCH3 is 1. The van der Waals surface area contributed by atoms with E-state index in [0.717, 1.165) is 11.1 Å². The topological polar surface area (TPSA) is 103 Å². The standard InChI is InChI=1S/C37H29N3O5S/c1-3-44-36(42)32-33(24-11-5-4-6-12-24)39-37-40(34(32)25-17-19-29(43-2)20-18-25)35(41)31(46-37)21-26-13-9-10-16-30(26)45-23-28-15-8-7-14-27(28)22-38/h4-21,34H,3,23H2,1-2H3/b31-21-/t34-/m1/s1. The van der Waals surface area contributed by atoms with Crippen LogP contribution in [0.3, 0.4) is 0 Å². The van der Waals surface area contributed by atoms with Crippen molar-refractivity contribution >= 4 is 29.1 Å². The lowest BCUT2D eigenvalue weighted by molar-refractivity contribution is -0.138. The lowest BCUT2D eigenvalue weighted by Crippen LogP contribution is -2.40. The van der Waals surface area contributed by atoms with Gasteiger partial charge in [0.1, 0.15) is 18.1 Å². The molecular formula is C37H29N3O5S. The van der Waals surface area contributed by atoms with E-state index in [9.17, 15) is 14.9 Å². The van der Waals surface area contributed by atoms with E-state index in [0.29, 0.717) is 43.2 Å². The third kappa shape index (κ3) is 5.99. The molecule has 5 aromatic rings. The van der Waals surface area contributed by atoms with Crippen molar-refractivity contribution in [2.24, 2.45) is 4.99 Å². The molecule has 0 radical (unpaired) electrons. The summed E-state index contributed by atoms with van der Waals surface area (Å²) in [6.45, 7) is 2.10. The van der Waals surface area contributed by atoms with Crippen LogP contribution in [0.4, 0.5) is 0 Å². The zero-order valence-corrected chi connectivity index (χ0v) is 26.0. The third-order valence-corrected chi connectivity index (χ3v) is 8.51. The van der Waals surface area contributed by atoms with Crippen molar-refractivity contribution in [1.82, 2.24) is 4.57 Å². The molecule has 1 aliphatic heterocycles. The minimum atomic E-state index is -0.799. The summed E-state index contributed by atoms with van der Waals surface area (Å²) >= 11 is 1.24. The maximum Gasteiger partial charge on any atom is 0.338 e. The van der Waals surface area contributed by atoms with E-state index in [2.05, 4.69) is 6.07 Å². The summed E-state index contributed by atoms with van der Waals surface area (Å²) in [5, 5.41) is 9.49. The summed E-state index contributed by atoms with van der Waals surface area (Å²) in [5.41, 5.74) is 3.86. The van der Waals surface area contributed by atoms with Gasteiger partial charge in [-0.3, -0.25) is 9.36 Å². The van der Waals surface area contributed by atoms with Crippen LogP contribution in [0.25, 0.3) is 11.8 Å². The Morgan fingerprint density at radius 3 is 2.43 bits per heavy atom. The first kappa shape index (κ1) is 30.3. The number of rotatable bonds is 9. The SMILES string of the molecule is CCOC(=O)C1=C(c2ccccc2)N=c2s/c(=C\c3ccccc3OCc3ccccc3C#N)c(=O)n2[C@@H]1c1ccc(OC)cc1. The quantitative estimate of drug-likeness (QED) is 0.203. The fourth-order valence-corrected chi connectivity index (χ4v) is 6.32. The molecule has 4 aromatic carbocycles. The number of thiazole rings is 1. The predicted octanol–water partition coefficient (Wildman–Crippen LogP) is 5.39. The van der Waals surface area contributed by atoms with Gasteiger partial charge in [0.15, 0.2) is 4.80 Å². The molecule has 1 aliphatic rings. The average Bonchev–Trinajstić information content (AvgIpc) is 3.41. The molecule has 0 saturated carbocycles. The third-order valence-electron chi connectivity index (χ3n) is 7.53. The number of hydrogen-bond acceptors (Lipinski definition) is 8. The molecule has 0 fully saturated rings. The molecule has 0 N–H and O–H groups in total. The highest BCUT2D eigenvalue weighted by Gasteiger charge is 2.35. The van der Waals surface area contributed by atoms with E-state index in [4.69, 9.17) is 19.2 Å². The molecule has 2 heterocycles. The summed E-state index contributed by atoms with van der Waals surface area (Å²) in [6.07, 6.45) is 1.77. The number of nitriles is 1. The number of esters is 1. The van der Waals surface area contributed by atoms with Crippen LogP contribution < -0.4 is 24.4 Å². The molecule has 0 unspecified atom stereocenters. The van der Waals surface area contributed by atoms with E-state index in [-0.39, 0.29) is 24.3 Å². The minimum absolute atomic E-state index is 0.166. The molecule has 0 aliphatic carbocycles. The number of benzene rings is 4. The number of carbonyl (C=O) groups is 1. The molecule has 228 valence electrons. The molecular weight excluding hydrogens is 598 g/mol. The highest BCUT2D eigenvalue weighted by molar-refractivity contribution is 7.07. The smallest absolute Gasteiger partial charge is 0.338 e. The molecule has 8 nitrogen and oxygen atoms in total. The second-order valence-corrected chi connectivity index (χ2v) is 11.3.